The van der Waals surface area contributed by atoms with Gasteiger partial charge in [0.15, 0.2) is 0 Å². The lowest BCUT2D eigenvalue weighted by Gasteiger charge is -2.12. The second-order valence-electron chi connectivity index (χ2n) is 8.10. The largest absolute Gasteiger partial charge is 0.493 e. The molecule has 4 rings (SSSR count). The summed E-state index contributed by atoms with van der Waals surface area (Å²) in [6, 6.07) is 10.7. The number of aryl methyl sites for hydroxylation is 2. The SMILES string of the molecule is CCOC(=O)c1ccc(NC(=O)/C=C(\C)c2cc3c4c(oc3cc2OCC)CCCC4)cc1. The number of anilines is 1. The highest BCUT2D eigenvalue weighted by atomic mass is 16.5. The van der Waals surface area contributed by atoms with Crippen molar-refractivity contribution in [1.82, 2.24) is 0 Å². The number of amides is 1. The lowest BCUT2D eigenvalue weighted by molar-refractivity contribution is -0.111. The van der Waals surface area contributed by atoms with Gasteiger partial charge in [0.05, 0.1) is 18.8 Å². The van der Waals surface area contributed by atoms with Crippen molar-refractivity contribution in [2.24, 2.45) is 0 Å². The van der Waals surface area contributed by atoms with Gasteiger partial charge in [-0.3, -0.25) is 4.79 Å². The number of fused-ring (bicyclic) bond motifs is 3. The molecule has 0 bridgehead atoms. The number of hydrogen-bond donors (Lipinski definition) is 1. The molecule has 1 aromatic heterocycles. The molecule has 6 nitrogen and oxygen atoms in total. The van der Waals surface area contributed by atoms with Gasteiger partial charge in [-0.15, -0.1) is 0 Å². The van der Waals surface area contributed by atoms with E-state index in [1.54, 1.807) is 37.3 Å². The summed E-state index contributed by atoms with van der Waals surface area (Å²) < 4.78 is 17.0. The van der Waals surface area contributed by atoms with Crippen molar-refractivity contribution in [3.05, 3.63) is 64.9 Å². The van der Waals surface area contributed by atoms with Crippen molar-refractivity contribution in [3.8, 4) is 5.75 Å². The van der Waals surface area contributed by atoms with E-state index in [4.69, 9.17) is 13.9 Å². The number of carbonyl (C=O) groups excluding carboxylic acids is 2. The Balaban J connectivity index is 1.58. The molecule has 6 heteroatoms. The van der Waals surface area contributed by atoms with Gasteiger partial charge in [-0.05, 0) is 75.9 Å². The zero-order valence-electron chi connectivity index (χ0n) is 19.3. The van der Waals surface area contributed by atoms with E-state index in [0.29, 0.717) is 30.2 Å². The molecule has 0 fully saturated rings. The summed E-state index contributed by atoms with van der Waals surface area (Å²) in [6.07, 6.45) is 5.86. The summed E-state index contributed by atoms with van der Waals surface area (Å²) in [7, 11) is 0. The minimum absolute atomic E-state index is 0.256. The summed E-state index contributed by atoms with van der Waals surface area (Å²) in [4.78, 5) is 24.5. The molecule has 3 aromatic rings. The molecule has 172 valence electrons. The second-order valence-corrected chi connectivity index (χ2v) is 8.10. The molecule has 0 atom stereocenters. The van der Waals surface area contributed by atoms with Gasteiger partial charge in [0.25, 0.3) is 0 Å². The van der Waals surface area contributed by atoms with Gasteiger partial charge in [-0.25, -0.2) is 4.79 Å². The van der Waals surface area contributed by atoms with Gasteiger partial charge in [-0.1, -0.05) is 0 Å². The molecule has 0 spiro atoms. The van der Waals surface area contributed by atoms with E-state index in [0.717, 1.165) is 53.5 Å². The summed E-state index contributed by atoms with van der Waals surface area (Å²) in [5.74, 6) is 1.14. The van der Waals surface area contributed by atoms with E-state index in [1.165, 1.54) is 5.56 Å². The number of ether oxygens (including phenoxy) is 2. The molecule has 1 N–H and O–H groups in total. The molecule has 0 aliphatic heterocycles. The first-order valence-corrected chi connectivity index (χ1v) is 11.5. The van der Waals surface area contributed by atoms with Crippen LogP contribution < -0.4 is 10.1 Å². The average Bonchev–Trinajstić information content (AvgIpc) is 3.16. The highest BCUT2D eigenvalue weighted by Gasteiger charge is 2.20. The Morgan fingerprint density at radius 2 is 1.82 bits per heavy atom. The third-order valence-corrected chi connectivity index (χ3v) is 5.79. The first-order chi connectivity index (χ1) is 16.0. The molecule has 0 unspecified atom stereocenters. The number of benzene rings is 2. The van der Waals surface area contributed by atoms with Gasteiger partial charge in [0.1, 0.15) is 17.1 Å². The molecule has 0 saturated heterocycles. The fourth-order valence-corrected chi connectivity index (χ4v) is 4.23. The Hall–Kier alpha value is -3.54. The van der Waals surface area contributed by atoms with E-state index >= 15 is 0 Å². The molecule has 0 radical (unpaired) electrons. The number of carbonyl (C=O) groups is 2. The molecule has 1 heterocycles. The molecule has 0 saturated carbocycles. The lowest BCUT2D eigenvalue weighted by Crippen LogP contribution is -2.09. The highest BCUT2D eigenvalue weighted by molar-refractivity contribution is 6.05. The van der Waals surface area contributed by atoms with Crippen LogP contribution in [0.25, 0.3) is 16.5 Å². The van der Waals surface area contributed by atoms with E-state index in [-0.39, 0.29) is 11.9 Å². The molecular formula is C27H29NO5. The van der Waals surface area contributed by atoms with Crippen LogP contribution in [0.4, 0.5) is 5.69 Å². The third-order valence-electron chi connectivity index (χ3n) is 5.79. The van der Waals surface area contributed by atoms with Crippen molar-refractivity contribution in [3.63, 3.8) is 0 Å². The zero-order chi connectivity index (χ0) is 23.4. The Bertz CT molecular complexity index is 1200. The number of hydrogen-bond acceptors (Lipinski definition) is 5. The summed E-state index contributed by atoms with van der Waals surface area (Å²) >= 11 is 0. The van der Waals surface area contributed by atoms with Crippen molar-refractivity contribution >= 4 is 34.1 Å². The van der Waals surface area contributed by atoms with E-state index in [2.05, 4.69) is 11.4 Å². The van der Waals surface area contributed by atoms with Crippen LogP contribution in [0.3, 0.4) is 0 Å². The van der Waals surface area contributed by atoms with E-state index < -0.39 is 0 Å². The highest BCUT2D eigenvalue weighted by Crippen LogP contribution is 2.38. The number of rotatable bonds is 7. The predicted molar refractivity (Wildman–Crippen MR) is 129 cm³/mol. The zero-order valence-corrected chi connectivity index (χ0v) is 19.3. The van der Waals surface area contributed by atoms with Crippen LogP contribution in [0.15, 0.2) is 46.9 Å². The summed E-state index contributed by atoms with van der Waals surface area (Å²) in [6.45, 7) is 6.44. The number of allylic oxidation sites excluding steroid dienone is 1. The van der Waals surface area contributed by atoms with Crippen LogP contribution in [0.1, 0.15) is 60.9 Å². The van der Waals surface area contributed by atoms with Crippen LogP contribution in [0, 0.1) is 0 Å². The topological polar surface area (TPSA) is 77.8 Å². The maximum atomic E-state index is 12.7. The Labute approximate surface area is 193 Å². The van der Waals surface area contributed by atoms with Gasteiger partial charge in [0, 0.05) is 40.8 Å². The minimum Gasteiger partial charge on any atom is -0.493 e. The van der Waals surface area contributed by atoms with Gasteiger partial charge in [0.2, 0.25) is 5.91 Å². The molecule has 1 aliphatic carbocycles. The summed E-state index contributed by atoms with van der Waals surface area (Å²) in [5, 5.41) is 3.95. The molecule has 2 aromatic carbocycles. The first-order valence-electron chi connectivity index (χ1n) is 11.5. The van der Waals surface area contributed by atoms with Gasteiger partial charge >= 0.3 is 5.97 Å². The number of nitrogens with one attached hydrogen (secondary N) is 1. The van der Waals surface area contributed by atoms with Crippen molar-refractivity contribution in [2.75, 3.05) is 18.5 Å². The monoisotopic (exact) mass is 447 g/mol. The van der Waals surface area contributed by atoms with Crippen molar-refractivity contribution in [1.29, 1.82) is 0 Å². The Morgan fingerprint density at radius 1 is 1.06 bits per heavy atom. The fourth-order valence-electron chi connectivity index (χ4n) is 4.23. The van der Waals surface area contributed by atoms with Gasteiger partial charge < -0.3 is 19.2 Å². The number of esters is 1. The second kappa shape index (κ2) is 9.94. The van der Waals surface area contributed by atoms with Crippen LogP contribution in [0.5, 0.6) is 5.75 Å². The molecule has 1 aliphatic rings. The first kappa shape index (κ1) is 22.6. The standard InChI is InChI=1S/C27H29NO5/c1-4-31-24-16-25-22(20-8-6-7-9-23(20)33-25)15-21(24)17(3)14-26(29)28-19-12-10-18(11-13-19)27(30)32-5-2/h10-16H,4-9H2,1-3H3,(H,28,29)/b17-14+. The minimum atomic E-state index is -0.383. The van der Waals surface area contributed by atoms with Crippen LogP contribution >= 0.6 is 0 Å². The Kier molecular flexibility index (Phi) is 6.82. The lowest BCUT2D eigenvalue weighted by atomic mass is 9.94. The van der Waals surface area contributed by atoms with Crippen LogP contribution in [0.2, 0.25) is 0 Å². The molecule has 1 amide bonds. The maximum Gasteiger partial charge on any atom is 0.338 e. The van der Waals surface area contributed by atoms with Crippen LogP contribution in [-0.4, -0.2) is 25.1 Å². The number of furan rings is 1. The van der Waals surface area contributed by atoms with Crippen molar-refractivity contribution in [2.45, 2.75) is 46.5 Å². The smallest absolute Gasteiger partial charge is 0.338 e. The molecule has 33 heavy (non-hydrogen) atoms. The van der Waals surface area contributed by atoms with Crippen molar-refractivity contribution < 1.29 is 23.5 Å². The van der Waals surface area contributed by atoms with Crippen LogP contribution in [-0.2, 0) is 22.4 Å². The summed E-state index contributed by atoms with van der Waals surface area (Å²) in [5.41, 5.74) is 4.84. The Morgan fingerprint density at radius 3 is 2.55 bits per heavy atom. The fraction of sp³-hybridized carbons (Fsp3) is 0.333. The van der Waals surface area contributed by atoms with E-state index in [1.807, 2.05) is 19.9 Å². The molecular weight excluding hydrogens is 418 g/mol. The maximum absolute atomic E-state index is 12.7. The normalized spacial score (nSPS) is 13.5. The third kappa shape index (κ3) is 4.95. The predicted octanol–water partition coefficient (Wildman–Crippen LogP) is 5.93. The average molecular weight is 448 g/mol. The van der Waals surface area contributed by atoms with Gasteiger partial charge in [-0.2, -0.15) is 0 Å². The van der Waals surface area contributed by atoms with E-state index in [9.17, 15) is 9.59 Å². The quantitative estimate of drug-likeness (QED) is 0.359.